The Hall–Kier alpha value is -4.79. The maximum atomic E-state index is 14.4. The summed E-state index contributed by atoms with van der Waals surface area (Å²) in [5, 5.41) is 8.81. The van der Waals surface area contributed by atoms with Gasteiger partial charge in [0.25, 0.3) is 6.47 Å². The predicted molar refractivity (Wildman–Crippen MR) is 128 cm³/mol. The van der Waals surface area contributed by atoms with Crippen LogP contribution in [0.4, 0.5) is 33.2 Å². The van der Waals surface area contributed by atoms with E-state index in [1.807, 2.05) is 6.07 Å². The summed E-state index contributed by atoms with van der Waals surface area (Å²) >= 11 is 0. The molecule has 0 radical (unpaired) electrons. The van der Waals surface area contributed by atoms with Crippen LogP contribution in [0, 0.1) is 5.82 Å². The SMILES string of the molecule is CNc1cc(Nc2ncc(F)c(Nc3cccc(C(=O)c4ccccc4)c3)n2)ccc1OC=O. The molecule has 9 heteroatoms. The van der Waals surface area contributed by atoms with Crippen molar-refractivity contribution >= 4 is 41.1 Å². The number of benzene rings is 3. The van der Waals surface area contributed by atoms with E-state index in [1.165, 1.54) is 0 Å². The highest BCUT2D eigenvalue weighted by atomic mass is 19.1. The van der Waals surface area contributed by atoms with Crippen LogP contribution in [-0.2, 0) is 4.79 Å². The monoisotopic (exact) mass is 457 g/mol. The number of anilines is 5. The molecule has 0 unspecified atom stereocenters. The molecule has 0 aliphatic heterocycles. The Balaban J connectivity index is 1.54. The summed E-state index contributed by atoms with van der Waals surface area (Å²) in [6.07, 6.45) is 1.04. The minimum absolute atomic E-state index is 0.0587. The molecule has 0 saturated carbocycles. The fourth-order valence-corrected chi connectivity index (χ4v) is 3.23. The molecule has 1 aromatic heterocycles. The third-order valence-corrected chi connectivity index (χ3v) is 4.85. The maximum absolute atomic E-state index is 14.4. The van der Waals surface area contributed by atoms with Crippen LogP contribution < -0.4 is 20.7 Å². The molecule has 4 aromatic rings. The number of carbonyl (C=O) groups excluding carboxylic acids is 2. The van der Waals surface area contributed by atoms with Crippen molar-refractivity contribution in [2.45, 2.75) is 0 Å². The summed E-state index contributed by atoms with van der Waals surface area (Å²) in [6, 6.07) is 20.6. The number of hydrogen-bond donors (Lipinski definition) is 3. The number of ether oxygens (including phenoxy) is 1. The first-order chi connectivity index (χ1) is 16.6. The Kier molecular flexibility index (Phi) is 6.73. The summed E-state index contributed by atoms with van der Waals surface area (Å²) in [4.78, 5) is 31.5. The van der Waals surface area contributed by atoms with Gasteiger partial charge in [-0.15, -0.1) is 0 Å². The van der Waals surface area contributed by atoms with Gasteiger partial charge in [-0.2, -0.15) is 4.98 Å². The molecule has 0 amide bonds. The van der Waals surface area contributed by atoms with Crippen molar-refractivity contribution in [2.24, 2.45) is 0 Å². The van der Waals surface area contributed by atoms with Crippen molar-refractivity contribution in [1.29, 1.82) is 0 Å². The van der Waals surface area contributed by atoms with Crippen molar-refractivity contribution in [3.8, 4) is 5.75 Å². The number of halogens is 1. The van der Waals surface area contributed by atoms with Crippen LogP contribution in [0.25, 0.3) is 0 Å². The van der Waals surface area contributed by atoms with Crippen LogP contribution >= 0.6 is 0 Å². The maximum Gasteiger partial charge on any atom is 0.298 e. The Morgan fingerprint density at radius 3 is 2.47 bits per heavy atom. The molecule has 0 bridgehead atoms. The largest absolute Gasteiger partial charge is 0.427 e. The van der Waals surface area contributed by atoms with Crippen molar-refractivity contribution in [3.63, 3.8) is 0 Å². The van der Waals surface area contributed by atoms with Gasteiger partial charge in [-0.1, -0.05) is 42.5 Å². The van der Waals surface area contributed by atoms with E-state index in [1.54, 1.807) is 73.8 Å². The zero-order chi connectivity index (χ0) is 23.9. The molecule has 0 fully saturated rings. The molecule has 0 aliphatic carbocycles. The lowest BCUT2D eigenvalue weighted by molar-refractivity contribution is -0.120. The molecular formula is C25H20FN5O3. The third-order valence-electron chi connectivity index (χ3n) is 4.85. The molecule has 0 atom stereocenters. The van der Waals surface area contributed by atoms with E-state index in [0.29, 0.717) is 40.4 Å². The summed E-state index contributed by atoms with van der Waals surface area (Å²) in [5.74, 6) is -0.355. The highest BCUT2D eigenvalue weighted by Crippen LogP contribution is 2.29. The van der Waals surface area contributed by atoms with Crippen LogP contribution in [-0.4, -0.2) is 29.3 Å². The van der Waals surface area contributed by atoms with Gasteiger partial charge >= 0.3 is 0 Å². The Bertz CT molecular complexity index is 1330. The zero-order valence-electron chi connectivity index (χ0n) is 18.1. The highest BCUT2D eigenvalue weighted by Gasteiger charge is 2.12. The van der Waals surface area contributed by atoms with Crippen LogP contribution in [0.1, 0.15) is 15.9 Å². The van der Waals surface area contributed by atoms with Crippen LogP contribution in [0.2, 0.25) is 0 Å². The minimum atomic E-state index is -0.656. The van der Waals surface area contributed by atoms with Gasteiger partial charge in [0.05, 0.1) is 11.9 Å². The first-order valence-electron chi connectivity index (χ1n) is 10.3. The minimum Gasteiger partial charge on any atom is -0.427 e. The van der Waals surface area contributed by atoms with E-state index in [9.17, 15) is 14.0 Å². The van der Waals surface area contributed by atoms with Crippen molar-refractivity contribution in [2.75, 3.05) is 23.0 Å². The molecule has 0 aliphatic rings. The summed E-state index contributed by atoms with van der Waals surface area (Å²) in [6.45, 7) is 0.340. The second kappa shape index (κ2) is 10.2. The first-order valence-corrected chi connectivity index (χ1v) is 10.3. The number of nitrogens with one attached hydrogen (secondary N) is 3. The number of rotatable bonds is 9. The van der Waals surface area contributed by atoms with Gasteiger partial charge < -0.3 is 20.7 Å². The summed E-state index contributed by atoms with van der Waals surface area (Å²) in [5.41, 5.74) is 2.68. The van der Waals surface area contributed by atoms with E-state index in [4.69, 9.17) is 4.74 Å². The van der Waals surface area contributed by atoms with Gasteiger partial charge in [0.15, 0.2) is 23.2 Å². The fourth-order valence-electron chi connectivity index (χ4n) is 3.23. The molecule has 8 nitrogen and oxygen atoms in total. The lowest BCUT2D eigenvalue weighted by Crippen LogP contribution is -2.05. The smallest absolute Gasteiger partial charge is 0.298 e. The Morgan fingerprint density at radius 2 is 1.71 bits per heavy atom. The van der Waals surface area contributed by atoms with Gasteiger partial charge in [-0.05, 0) is 30.3 Å². The van der Waals surface area contributed by atoms with E-state index in [-0.39, 0.29) is 17.5 Å². The van der Waals surface area contributed by atoms with E-state index < -0.39 is 5.82 Å². The topological polar surface area (TPSA) is 105 Å². The van der Waals surface area contributed by atoms with Gasteiger partial charge in [-0.25, -0.2) is 9.37 Å². The fraction of sp³-hybridized carbons (Fsp3) is 0.0400. The molecule has 34 heavy (non-hydrogen) atoms. The number of carbonyl (C=O) groups is 2. The van der Waals surface area contributed by atoms with Crippen molar-refractivity contribution in [1.82, 2.24) is 9.97 Å². The van der Waals surface area contributed by atoms with Gasteiger partial charge in [0.1, 0.15) is 0 Å². The average molecular weight is 457 g/mol. The standard InChI is InChI=1S/C25H20FN5O3/c1-27-21-13-19(10-11-22(21)34-15-32)30-25-28-14-20(26)24(31-25)29-18-9-5-8-17(12-18)23(33)16-6-3-2-4-7-16/h2-15,27H,1H3,(H2,28,29,30,31). The second-order valence-corrected chi connectivity index (χ2v) is 7.09. The van der Waals surface area contributed by atoms with E-state index >= 15 is 0 Å². The normalized spacial score (nSPS) is 10.3. The number of hydrogen-bond acceptors (Lipinski definition) is 8. The Labute approximate surface area is 194 Å². The summed E-state index contributed by atoms with van der Waals surface area (Å²) in [7, 11) is 1.68. The van der Waals surface area contributed by atoms with E-state index in [0.717, 1.165) is 6.20 Å². The van der Waals surface area contributed by atoms with Gasteiger partial charge in [0, 0.05) is 29.5 Å². The van der Waals surface area contributed by atoms with Crippen LogP contribution in [0.3, 0.4) is 0 Å². The molecule has 0 saturated heterocycles. The molecule has 1 heterocycles. The highest BCUT2D eigenvalue weighted by molar-refractivity contribution is 6.09. The van der Waals surface area contributed by atoms with Gasteiger partial charge in [-0.3, -0.25) is 9.59 Å². The van der Waals surface area contributed by atoms with Crippen molar-refractivity contribution in [3.05, 3.63) is 95.9 Å². The van der Waals surface area contributed by atoms with Crippen LogP contribution in [0.5, 0.6) is 5.75 Å². The number of aromatic nitrogens is 2. The zero-order valence-corrected chi connectivity index (χ0v) is 18.1. The average Bonchev–Trinajstić information content (AvgIpc) is 2.87. The van der Waals surface area contributed by atoms with E-state index in [2.05, 4.69) is 25.9 Å². The molecule has 170 valence electrons. The third kappa shape index (κ3) is 5.16. The second-order valence-electron chi connectivity index (χ2n) is 7.09. The molecule has 4 rings (SSSR count). The predicted octanol–water partition coefficient (Wildman–Crippen LogP) is 4.91. The quantitative estimate of drug-likeness (QED) is 0.241. The lowest BCUT2D eigenvalue weighted by atomic mass is 10.0. The molecule has 3 aromatic carbocycles. The lowest BCUT2D eigenvalue weighted by Gasteiger charge is -2.12. The van der Waals surface area contributed by atoms with Crippen LogP contribution in [0.15, 0.2) is 79.0 Å². The molecule has 3 N–H and O–H groups in total. The molecule has 0 spiro atoms. The molecular weight excluding hydrogens is 437 g/mol. The first kappa shape index (κ1) is 22.4. The Morgan fingerprint density at radius 1 is 0.941 bits per heavy atom. The van der Waals surface area contributed by atoms with Gasteiger partial charge in [0.2, 0.25) is 5.95 Å². The number of ketones is 1. The van der Waals surface area contributed by atoms with Crippen molar-refractivity contribution < 1.29 is 18.7 Å². The number of nitrogens with zero attached hydrogens (tertiary/aromatic N) is 2. The summed E-state index contributed by atoms with van der Waals surface area (Å²) < 4.78 is 19.3.